The maximum Gasteiger partial charge on any atom is 0.0901 e. The van der Waals surface area contributed by atoms with Crippen LogP contribution in [0, 0.1) is 23.7 Å². The molecule has 2 fully saturated rings. The minimum absolute atomic E-state index is 0.797. The van der Waals surface area contributed by atoms with Gasteiger partial charge in [-0.3, -0.25) is 0 Å². The largest absolute Gasteiger partial charge is 0.501 e. The summed E-state index contributed by atoms with van der Waals surface area (Å²) in [6, 6.07) is 0. The van der Waals surface area contributed by atoms with Gasteiger partial charge in [-0.05, 0) is 87.9 Å². The Balaban J connectivity index is 1.56. The molecule has 0 unspecified atom stereocenters. The first-order chi connectivity index (χ1) is 11.8. The summed E-state index contributed by atoms with van der Waals surface area (Å²) in [6.07, 6.45) is 18.9. The van der Waals surface area contributed by atoms with Gasteiger partial charge in [-0.15, -0.1) is 0 Å². The van der Waals surface area contributed by atoms with E-state index in [1.54, 1.807) is 0 Å². The molecule has 0 atom stereocenters. The van der Waals surface area contributed by atoms with Gasteiger partial charge in [0.2, 0.25) is 0 Å². The Bertz CT molecular complexity index is 323. The highest BCUT2D eigenvalue weighted by Crippen LogP contribution is 2.41. The van der Waals surface area contributed by atoms with Crippen molar-refractivity contribution in [2.75, 3.05) is 19.8 Å². The van der Waals surface area contributed by atoms with Gasteiger partial charge in [-0.25, -0.2) is 0 Å². The van der Waals surface area contributed by atoms with Gasteiger partial charge < -0.3 is 9.47 Å². The highest BCUT2D eigenvalue weighted by atomic mass is 16.5. The zero-order valence-electron chi connectivity index (χ0n) is 16.2. The van der Waals surface area contributed by atoms with Gasteiger partial charge in [0.1, 0.15) is 0 Å². The summed E-state index contributed by atoms with van der Waals surface area (Å²) < 4.78 is 11.5. The van der Waals surface area contributed by atoms with Crippen molar-refractivity contribution in [1.82, 2.24) is 0 Å². The number of hydrogen-bond donors (Lipinski definition) is 0. The molecule has 0 aromatic heterocycles. The molecule has 0 amide bonds. The summed E-state index contributed by atoms with van der Waals surface area (Å²) in [7, 11) is 0. The van der Waals surface area contributed by atoms with Crippen LogP contribution in [0.5, 0.6) is 0 Å². The molecule has 2 nitrogen and oxygen atoms in total. The second kappa shape index (κ2) is 12.0. The van der Waals surface area contributed by atoms with E-state index in [2.05, 4.69) is 19.9 Å². The molecule has 0 aromatic carbocycles. The quantitative estimate of drug-likeness (QED) is 0.341. The van der Waals surface area contributed by atoms with Crippen molar-refractivity contribution in [1.29, 1.82) is 0 Å². The standard InChI is InChI=1S/C22H40O2/c1-3-5-15-23-17-19-7-11-21(12-8-19)22-13-9-20(10-14-22)18-24-16-6-4-2/h5,15,19-22H,3-4,6-14,16-18H2,1-2H3/b15-5-. The third-order valence-corrected chi connectivity index (χ3v) is 6.21. The second-order valence-corrected chi connectivity index (χ2v) is 8.10. The van der Waals surface area contributed by atoms with Crippen LogP contribution in [-0.4, -0.2) is 19.8 Å². The summed E-state index contributed by atoms with van der Waals surface area (Å²) in [6.45, 7) is 7.30. The molecule has 0 N–H and O–H groups in total. The van der Waals surface area contributed by atoms with Gasteiger partial charge in [-0.1, -0.05) is 26.3 Å². The number of rotatable bonds is 10. The molecule has 2 aliphatic carbocycles. The average Bonchev–Trinajstić information content (AvgIpc) is 2.64. The van der Waals surface area contributed by atoms with Crippen LogP contribution in [0.15, 0.2) is 12.3 Å². The van der Waals surface area contributed by atoms with Gasteiger partial charge in [0.15, 0.2) is 0 Å². The van der Waals surface area contributed by atoms with Crippen LogP contribution in [0.1, 0.15) is 84.5 Å². The minimum Gasteiger partial charge on any atom is -0.501 e. The van der Waals surface area contributed by atoms with Crippen molar-refractivity contribution in [2.24, 2.45) is 23.7 Å². The molecule has 0 aliphatic heterocycles. The van der Waals surface area contributed by atoms with E-state index in [0.29, 0.717) is 0 Å². The second-order valence-electron chi connectivity index (χ2n) is 8.10. The first-order valence-electron chi connectivity index (χ1n) is 10.7. The fourth-order valence-electron chi connectivity index (χ4n) is 4.50. The smallest absolute Gasteiger partial charge is 0.0901 e. The first-order valence-corrected chi connectivity index (χ1v) is 10.7. The maximum atomic E-state index is 5.84. The molecule has 0 spiro atoms. The summed E-state index contributed by atoms with van der Waals surface area (Å²) in [5.74, 6) is 3.63. The number of hydrogen-bond acceptors (Lipinski definition) is 2. The van der Waals surface area contributed by atoms with Crippen LogP contribution in [0.2, 0.25) is 0 Å². The van der Waals surface area contributed by atoms with Gasteiger partial charge >= 0.3 is 0 Å². The lowest BCUT2D eigenvalue weighted by Crippen LogP contribution is -2.28. The Hall–Kier alpha value is -0.500. The van der Waals surface area contributed by atoms with Crippen LogP contribution >= 0.6 is 0 Å². The van der Waals surface area contributed by atoms with Crippen LogP contribution in [-0.2, 0) is 9.47 Å². The van der Waals surface area contributed by atoms with Gasteiger partial charge in [0, 0.05) is 13.2 Å². The van der Waals surface area contributed by atoms with Crippen LogP contribution < -0.4 is 0 Å². The Morgan fingerprint density at radius 1 is 0.792 bits per heavy atom. The van der Waals surface area contributed by atoms with Crippen molar-refractivity contribution in [2.45, 2.75) is 84.5 Å². The Labute approximate surface area is 150 Å². The van der Waals surface area contributed by atoms with E-state index < -0.39 is 0 Å². The van der Waals surface area contributed by atoms with E-state index in [9.17, 15) is 0 Å². The Kier molecular flexibility index (Phi) is 9.87. The van der Waals surface area contributed by atoms with Gasteiger partial charge in [-0.2, -0.15) is 0 Å². The molecule has 2 aliphatic rings. The Morgan fingerprint density at radius 2 is 1.38 bits per heavy atom. The molecule has 2 saturated carbocycles. The fraction of sp³-hybridized carbons (Fsp3) is 0.909. The van der Waals surface area contributed by atoms with E-state index >= 15 is 0 Å². The normalized spacial score (nSPS) is 31.4. The lowest BCUT2D eigenvalue weighted by atomic mass is 9.69. The first kappa shape index (κ1) is 19.8. The van der Waals surface area contributed by atoms with Gasteiger partial charge in [0.25, 0.3) is 0 Å². The van der Waals surface area contributed by atoms with Crippen LogP contribution in [0.4, 0.5) is 0 Å². The number of allylic oxidation sites excluding steroid dienone is 1. The highest BCUT2D eigenvalue weighted by molar-refractivity contribution is 4.82. The average molecular weight is 337 g/mol. The van der Waals surface area contributed by atoms with Crippen molar-refractivity contribution in [3.63, 3.8) is 0 Å². The molecule has 0 aromatic rings. The summed E-state index contributed by atoms with van der Waals surface area (Å²) in [5.41, 5.74) is 0. The van der Waals surface area contributed by atoms with Crippen LogP contribution in [0.3, 0.4) is 0 Å². The minimum atomic E-state index is 0.797. The summed E-state index contributed by atoms with van der Waals surface area (Å²) in [5, 5.41) is 0. The van der Waals surface area contributed by atoms with Gasteiger partial charge in [0.05, 0.1) is 12.9 Å². The van der Waals surface area contributed by atoms with E-state index in [4.69, 9.17) is 9.47 Å². The highest BCUT2D eigenvalue weighted by Gasteiger charge is 2.30. The molecular formula is C22H40O2. The number of unbranched alkanes of at least 4 members (excludes halogenated alkanes) is 1. The predicted octanol–water partition coefficient (Wildman–Crippen LogP) is 6.36. The van der Waals surface area contributed by atoms with E-state index in [1.165, 1.54) is 64.2 Å². The Morgan fingerprint density at radius 3 is 1.92 bits per heavy atom. The number of ether oxygens (including phenoxy) is 2. The molecule has 0 saturated heterocycles. The molecule has 2 heteroatoms. The van der Waals surface area contributed by atoms with E-state index in [0.717, 1.165) is 49.9 Å². The monoisotopic (exact) mass is 336 g/mol. The molecule has 0 bridgehead atoms. The molecular weight excluding hydrogens is 296 g/mol. The maximum absolute atomic E-state index is 5.84. The van der Waals surface area contributed by atoms with Crippen molar-refractivity contribution in [3.05, 3.63) is 12.3 Å². The SMILES string of the molecule is CC/C=C\OCC1CCC(C2CCC(COCCCC)CC2)CC1. The predicted molar refractivity (Wildman–Crippen MR) is 102 cm³/mol. The summed E-state index contributed by atoms with van der Waals surface area (Å²) >= 11 is 0. The molecule has 0 heterocycles. The molecule has 0 radical (unpaired) electrons. The molecule has 24 heavy (non-hydrogen) atoms. The lowest BCUT2D eigenvalue weighted by Gasteiger charge is -2.37. The van der Waals surface area contributed by atoms with E-state index in [1.807, 2.05) is 6.26 Å². The third-order valence-electron chi connectivity index (χ3n) is 6.21. The fourth-order valence-corrected chi connectivity index (χ4v) is 4.50. The lowest BCUT2D eigenvalue weighted by molar-refractivity contribution is 0.0600. The zero-order valence-corrected chi connectivity index (χ0v) is 16.2. The van der Waals surface area contributed by atoms with Crippen LogP contribution in [0.25, 0.3) is 0 Å². The molecule has 2 rings (SSSR count). The van der Waals surface area contributed by atoms with E-state index in [-0.39, 0.29) is 0 Å². The zero-order chi connectivity index (χ0) is 17.0. The summed E-state index contributed by atoms with van der Waals surface area (Å²) in [4.78, 5) is 0. The molecule has 140 valence electrons. The van der Waals surface area contributed by atoms with Crippen molar-refractivity contribution in [3.8, 4) is 0 Å². The van der Waals surface area contributed by atoms with Crippen molar-refractivity contribution >= 4 is 0 Å². The third kappa shape index (κ3) is 7.17. The van der Waals surface area contributed by atoms with Crippen molar-refractivity contribution < 1.29 is 9.47 Å². The topological polar surface area (TPSA) is 18.5 Å².